The minimum absolute atomic E-state index is 0.268. The Morgan fingerprint density at radius 3 is 2.19 bits per heavy atom. The Morgan fingerprint density at radius 2 is 1.59 bits per heavy atom. The third-order valence-electron chi connectivity index (χ3n) is 5.17. The second-order valence-electron chi connectivity index (χ2n) is 8.39. The van der Waals surface area contributed by atoms with E-state index in [-0.39, 0.29) is 18.2 Å². The molecule has 0 radical (unpaired) electrons. The number of nitrogens with zero attached hydrogens (tertiary/aromatic N) is 1. The first kappa shape index (κ1) is 19.3. The Balaban J connectivity index is 1.53. The monoisotopic (exact) mass is 397 g/mol. The van der Waals surface area contributed by atoms with Gasteiger partial charge in [0.25, 0.3) is 0 Å². The average molecular weight is 397 g/mol. The van der Waals surface area contributed by atoms with Crippen molar-refractivity contribution in [2.45, 2.75) is 75.4 Å². The average Bonchev–Trinajstić information content (AvgIpc) is 3.20. The number of hydrogen-bond donors (Lipinski definition) is 0. The van der Waals surface area contributed by atoms with E-state index in [1.165, 1.54) is 4.31 Å². The molecule has 0 amide bonds. The van der Waals surface area contributed by atoms with Crippen LogP contribution in [0.5, 0.6) is 0 Å². The zero-order chi connectivity index (χ0) is 19.6. The van der Waals surface area contributed by atoms with Crippen LogP contribution < -0.4 is 0 Å². The lowest BCUT2D eigenvalue weighted by atomic mass is 10.1. The molecule has 0 aliphatic carbocycles. The van der Waals surface area contributed by atoms with Crippen LogP contribution >= 0.6 is 0 Å². The van der Waals surface area contributed by atoms with E-state index in [2.05, 4.69) is 0 Å². The summed E-state index contributed by atoms with van der Waals surface area (Å²) >= 11 is 0. The van der Waals surface area contributed by atoms with E-state index >= 15 is 0 Å². The van der Waals surface area contributed by atoms with Crippen LogP contribution in [-0.2, 0) is 29.0 Å². The molecule has 7 nitrogen and oxygen atoms in total. The lowest BCUT2D eigenvalue weighted by molar-refractivity contribution is -0.174. The molecule has 3 saturated heterocycles. The Bertz CT molecular complexity index is 819. The van der Waals surface area contributed by atoms with Crippen molar-refractivity contribution in [3.05, 3.63) is 29.8 Å². The molecule has 5 atom stereocenters. The second kappa shape index (κ2) is 6.23. The van der Waals surface area contributed by atoms with Crippen LogP contribution in [0, 0.1) is 6.92 Å². The van der Waals surface area contributed by atoms with Gasteiger partial charge in [0.2, 0.25) is 10.0 Å². The lowest BCUT2D eigenvalue weighted by Gasteiger charge is -2.23. The van der Waals surface area contributed by atoms with Crippen molar-refractivity contribution in [1.29, 1.82) is 0 Å². The third-order valence-corrected chi connectivity index (χ3v) is 7.08. The molecular formula is C19H27NO6S. The number of aryl methyl sites for hydroxylation is 1. The quantitative estimate of drug-likeness (QED) is 0.724. The summed E-state index contributed by atoms with van der Waals surface area (Å²) in [6, 6.07) is 6.63. The maximum atomic E-state index is 12.9. The molecule has 1 aromatic carbocycles. The summed E-state index contributed by atoms with van der Waals surface area (Å²) in [6.07, 6.45) is -1.08. The first-order valence-corrected chi connectivity index (χ1v) is 10.7. The molecule has 1 unspecified atom stereocenters. The highest BCUT2D eigenvalue weighted by Crippen LogP contribution is 2.42. The summed E-state index contributed by atoms with van der Waals surface area (Å²) < 4.78 is 51.1. The molecule has 27 heavy (non-hydrogen) atoms. The summed E-state index contributed by atoms with van der Waals surface area (Å²) in [4.78, 5) is 0.298. The molecule has 0 N–H and O–H groups in total. The predicted molar refractivity (Wildman–Crippen MR) is 97.6 cm³/mol. The number of rotatable bonds is 4. The van der Waals surface area contributed by atoms with Crippen molar-refractivity contribution < 1.29 is 27.4 Å². The predicted octanol–water partition coefficient (Wildman–Crippen LogP) is 2.04. The van der Waals surface area contributed by atoms with Gasteiger partial charge in [-0.2, -0.15) is 4.31 Å². The fourth-order valence-electron chi connectivity index (χ4n) is 3.81. The molecule has 3 aliphatic heterocycles. The summed E-state index contributed by atoms with van der Waals surface area (Å²) in [5, 5.41) is 0. The molecule has 3 heterocycles. The smallest absolute Gasteiger partial charge is 0.243 e. The van der Waals surface area contributed by atoms with E-state index in [1.807, 2.05) is 34.6 Å². The van der Waals surface area contributed by atoms with Gasteiger partial charge in [0.05, 0.1) is 17.5 Å². The largest absolute Gasteiger partial charge is 0.348 e. The minimum atomic E-state index is -3.55. The van der Waals surface area contributed by atoms with Crippen LogP contribution in [0.15, 0.2) is 29.2 Å². The molecule has 1 aromatic rings. The maximum absolute atomic E-state index is 12.9. The zero-order valence-corrected chi connectivity index (χ0v) is 17.2. The first-order valence-electron chi connectivity index (χ1n) is 9.24. The van der Waals surface area contributed by atoms with Gasteiger partial charge in [0.1, 0.15) is 18.3 Å². The van der Waals surface area contributed by atoms with Gasteiger partial charge in [-0.1, -0.05) is 17.7 Å². The summed E-state index contributed by atoms with van der Waals surface area (Å²) in [7, 11) is -3.55. The van der Waals surface area contributed by atoms with Crippen LogP contribution in [0.1, 0.15) is 33.3 Å². The van der Waals surface area contributed by atoms with Crippen LogP contribution in [0.3, 0.4) is 0 Å². The Labute approximate surface area is 160 Å². The SMILES string of the molecule is Cc1ccc(S(=O)(=O)N2C[C@@H]2[C@H]2OC(C)(C)O[C@@H]2[C@H]2COC(C)(C)O2)cc1. The van der Waals surface area contributed by atoms with Gasteiger partial charge >= 0.3 is 0 Å². The number of sulfonamides is 1. The van der Waals surface area contributed by atoms with Crippen LogP contribution in [-0.4, -0.2) is 61.8 Å². The molecule has 3 aliphatic rings. The van der Waals surface area contributed by atoms with Gasteiger partial charge < -0.3 is 18.9 Å². The minimum Gasteiger partial charge on any atom is -0.348 e. The fraction of sp³-hybridized carbons (Fsp3) is 0.684. The first-order chi connectivity index (χ1) is 12.5. The summed E-state index contributed by atoms with van der Waals surface area (Å²) in [5.41, 5.74) is 1.02. The Hall–Kier alpha value is -1.03. The number of benzene rings is 1. The van der Waals surface area contributed by atoms with E-state index in [9.17, 15) is 8.42 Å². The molecule has 0 aromatic heterocycles. The van der Waals surface area contributed by atoms with E-state index in [0.717, 1.165) is 5.56 Å². The highest BCUT2D eigenvalue weighted by Gasteiger charge is 2.59. The normalized spacial score (nSPS) is 37.4. The van der Waals surface area contributed by atoms with Crippen molar-refractivity contribution >= 4 is 10.0 Å². The molecule has 150 valence electrons. The van der Waals surface area contributed by atoms with Crippen molar-refractivity contribution in [3.8, 4) is 0 Å². The van der Waals surface area contributed by atoms with E-state index in [4.69, 9.17) is 18.9 Å². The van der Waals surface area contributed by atoms with Crippen molar-refractivity contribution in [2.75, 3.05) is 13.2 Å². The van der Waals surface area contributed by atoms with Gasteiger partial charge in [0, 0.05) is 6.54 Å². The summed E-state index contributed by atoms with van der Waals surface area (Å²) in [5.74, 6) is -1.48. The molecule has 4 rings (SSSR count). The molecule has 0 bridgehead atoms. The lowest BCUT2D eigenvalue weighted by Crippen LogP contribution is -2.42. The third kappa shape index (κ3) is 3.66. The summed E-state index contributed by atoms with van der Waals surface area (Å²) in [6.45, 7) is 10.1. The number of hydrogen-bond acceptors (Lipinski definition) is 6. The standard InChI is InChI=1S/C19H27NO6S/c1-12-6-8-13(9-7-12)27(21,22)20-10-14(20)16-17(26-19(4,5)25-16)15-11-23-18(2,3)24-15/h6-9,14-17H,10-11H2,1-5H3/t14-,15-,16-,17-,20?/m1/s1. The van der Waals surface area contributed by atoms with Crippen molar-refractivity contribution in [3.63, 3.8) is 0 Å². The van der Waals surface area contributed by atoms with Crippen LogP contribution in [0.25, 0.3) is 0 Å². The Morgan fingerprint density at radius 1 is 0.963 bits per heavy atom. The van der Waals surface area contributed by atoms with Gasteiger partial charge in [-0.15, -0.1) is 0 Å². The molecular weight excluding hydrogens is 370 g/mol. The van der Waals surface area contributed by atoms with Crippen molar-refractivity contribution in [1.82, 2.24) is 4.31 Å². The fourth-order valence-corrected chi connectivity index (χ4v) is 5.38. The van der Waals surface area contributed by atoms with Crippen LogP contribution in [0.4, 0.5) is 0 Å². The van der Waals surface area contributed by atoms with E-state index in [0.29, 0.717) is 18.0 Å². The zero-order valence-electron chi connectivity index (χ0n) is 16.3. The molecule has 0 saturated carbocycles. The molecule has 0 spiro atoms. The van der Waals surface area contributed by atoms with Crippen molar-refractivity contribution in [2.24, 2.45) is 0 Å². The van der Waals surface area contributed by atoms with Gasteiger partial charge in [-0.05, 0) is 46.8 Å². The van der Waals surface area contributed by atoms with E-state index in [1.54, 1.807) is 24.3 Å². The highest BCUT2D eigenvalue weighted by atomic mass is 32.2. The molecule has 3 fully saturated rings. The highest BCUT2D eigenvalue weighted by molar-refractivity contribution is 7.89. The van der Waals surface area contributed by atoms with Gasteiger partial charge in [-0.3, -0.25) is 0 Å². The number of ether oxygens (including phenoxy) is 4. The topological polar surface area (TPSA) is 74.1 Å². The van der Waals surface area contributed by atoms with Gasteiger partial charge in [0.15, 0.2) is 11.6 Å². The van der Waals surface area contributed by atoms with Gasteiger partial charge in [-0.25, -0.2) is 8.42 Å². The Kier molecular flexibility index (Phi) is 4.46. The maximum Gasteiger partial charge on any atom is 0.243 e. The van der Waals surface area contributed by atoms with Crippen LogP contribution in [0.2, 0.25) is 0 Å². The second-order valence-corrected chi connectivity index (χ2v) is 10.3. The molecule has 8 heteroatoms. The van der Waals surface area contributed by atoms with E-state index < -0.39 is 27.7 Å².